The van der Waals surface area contributed by atoms with E-state index in [0.717, 1.165) is 17.0 Å². The molecule has 5 rings (SSSR count). The maximum Gasteiger partial charge on any atom is 0.232 e. The van der Waals surface area contributed by atoms with Crippen molar-refractivity contribution in [2.75, 3.05) is 11.1 Å². The zero-order valence-corrected chi connectivity index (χ0v) is 19.2. The van der Waals surface area contributed by atoms with E-state index >= 15 is 0 Å². The summed E-state index contributed by atoms with van der Waals surface area (Å²) in [7, 11) is 0. The van der Waals surface area contributed by atoms with Crippen LogP contribution in [0.5, 0.6) is 0 Å². The Kier molecular flexibility index (Phi) is 6.57. The number of anilines is 3. The molecule has 5 aromatic rings. The Labute approximate surface area is 204 Å². The molecular formula is C24H20FN9S. The number of rotatable bonds is 8. The van der Waals surface area contributed by atoms with Crippen molar-refractivity contribution in [1.82, 2.24) is 34.7 Å². The van der Waals surface area contributed by atoms with Gasteiger partial charge in [-0.15, -0.1) is 10.2 Å². The summed E-state index contributed by atoms with van der Waals surface area (Å²) in [6, 6.07) is 19.8. The van der Waals surface area contributed by atoms with Crippen LogP contribution in [0.25, 0.3) is 11.4 Å². The lowest BCUT2D eigenvalue weighted by Crippen LogP contribution is -2.07. The van der Waals surface area contributed by atoms with Crippen LogP contribution in [0.1, 0.15) is 11.4 Å². The largest absolute Gasteiger partial charge is 0.368 e. The van der Waals surface area contributed by atoms with Gasteiger partial charge in [0, 0.05) is 23.6 Å². The average Bonchev–Trinajstić information content (AvgIpc) is 3.27. The van der Waals surface area contributed by atoms with Gasteiger partial charge in [-0.05, 0) is 42.0 Å². The molecule has 2 aromatic carbocycles. The van der Waals surface area contributed by atoms with Crippen molar-refractivity contribution in [2.24, 2.45) is 0 Å². The molecule has 0 aliphatic rings. The van der Waals surface area contributed by atoms with Crippen LogP contribution in [0.3, 0.4) is 0 Å². The summed E-state index contributed by atoms with van der Waals surface area (Å²) in [6.07, 6.45) is 3.49. The molecule has 0 aliphatic heterocycles. The van der Waals surface area contributed by atoms with Crippen LogP contribution in [0.15, 0.2) is 84.3 Å². The summed E-state index contributed by atoms with van der Waals surface area (Å²) in [4.78, 5) is 17.0. The van der Waals surface area contributed by atoms with Crippen molar-refractivity contribution < 1.29 is 4.39 Å². The third-order valence-electron chi connectivity index (χ3n) is 4.95. The van der Waals surface area contributed by atoms with Crippen LogP contribution in [-0.4, -0.2) is 34.7 Å². The number of pyridine rings is 1. The molecular weight excluding hydrogens is 465 g/mol. The molecule has 11 heteroatoms. The van der Waals surface area contributed by atoms with Crippen LogP contribution < -0.4 is 11.1 Å². The first-order valence-electron chi connectivity index (χ1n) is 10.7. The molecule has 35 heavy (non-hydrogen) atoms. The molecule has 0 radical (unpaired) electrons. The molecule has 0 spiro atoms. The number of nitrogen functional groups attached to an aromatic ring is 1. The fourth-order valence-corrected chi connectivity index (χ4v) is 4.16. The smallest absolute Gasteiger partial charge is 0.232 e. The van der Waals surface area contributed by atoms with Crippen molar-refractivity contribution in [3.8, 4) is 11.4 Å². The first-order chi connectivity index (χ1) is 17.1. The number of nitrogens with one attached hydrogen (secondary N) is 1. The third-order valence-corrected chi connectivity index (χ3v) is 5.91. The topological polar surface area (TPSA) is 120 Å². The molecule has 3 N–H and O–H groups in total. The van der Waals surface area contributed by atoms with Gasteiger partial charge < -0.3 is 11.1 Å². The van der Waals surface area contributed by atoms with Gasteiger partial charge in [-0.2, -0.15) is 15.0 Å². The molecule has 9 nitrogen and oxygen atoms in total. The SMILES string of the molecule is Nc1nc(CSc2nnc(-c3cccnc3)n2Cc2ccccc2)nc(Nc2ccc(F)cc2)n1. The molecule has 3 heterocycles. The van der Waals surface area contributed by atoms with E-state index in [1.54, 1.807) is 24.5 Å². The van der Waals surface area contributed by atoms with Crippen molar-refractivity contribution in [2.45, 2.75) is 17.5 Å². The van der Waals surface area contributed by atoms with E-state index in [-0.39, 0.29) is 17.7 Å². The highest BCUT2D eigenvalue weighted by Crippen LogP contribution is 2.27. The van der Waals surface area contributed by atoms with Gasteiger partial charge in [0.05, 0.1) is 12.3 Å². The summed E-state index contributed by atoms with van der Waals surface area (Å²) < 4.78 is 15.2. The van der Waals surface area contributed by atoms with Gasteiger partial charge in [0.2, 0.25) is 11.9 Å². The van der Waals surface area contributed by atoms with E-state index < -0.39 is 0 Å². The first kappa shape index (κ1) is 22.4. The Morgan fingerprint density at radius 2 is 1.74 bits per heavy atom. The highest BCUT2D eigenvalue weighted by atomic mass is 32.2. The van der Waals surface area contributed by atoms with Gasteiger partial charge in [-0.1, -0.05) is 42.1 Å². The Morgan fingerprint density at radius 1 is 0.914 bits per heavy atom. The maximum atomic E-state index is 13.2. The summed E-state index contributed by atoms with van der Waals surface area (Å²) in [5.74, 6) is 1.63. The zero-order chi connectivity index (χ0) is 24.0. The van der Waals surface area contributed by atoms with Crippen molar-refractivity contribution >= 4 is 29.3 Å². The second-order valence-electron chi connectivity index (χ2n) is 7.47. The molecule has 0 saturated carbocycles. The molecule has 0 amide bonds. The Bertz CT molecular complexity index is 1410. The molecule has 0 bridgehead atoms. The number of nitrogens with two attached hydrogens (primary N) is 1. The molecule has 3 aromatic heterocycles. The first-order valence-corrected chi connectivity index (χ1v) is 11.7. The van der Waals surface area contributed by atoms with Crippen molar-refractivity contribution in [3.05, 3.63) is 96.3 Å². The van der Waals surface area contributed by atoms with Crippen LogP contribution >= 0.6 is 11.8 Å². The number of halogens is 1. The minimum Gasteiger partial charge on any atom is -0.368 e. The van der Waals surface area contributed by atoms with E-state index in [4.69, 9.17) is 5.73 Å². The number of aromatic nitrogens is 7. The monoisotopic (exact) mass is 485 g/mol. The Balaban J connectivity index is 1.39. The average molecular weight is 486 g/mol. The van der Waals surface area contributed by atoms with Gasteiger partial charge >= 0.3 is 0 Å². The van der Waals surface area contributed by atoms with E-state index in [1.807, 2.05) is 34.9 Å². The molecule has 0 saturated heterocycles. The number of hydrogen-bond donors (Lipinski definition) is 2. The van der Waals surface area contributed by atoms with E-state index in [0.29, 0.717) is 29.0 Å². The molecule has 0 aliphatic carbocycles. The summed E-state index contributed by atoms with van der Waals surface area (Å²) >= 11 is 1.44. The summed E-state index contributed by atoms with van der Waals surface area (Å²) in [5, 5.41) is 12.6. The summed E-state index contributed by atoms with van der Waals surface area (Å²) in [6.45, 7) is 0.594. The fraction of sp³-hybridized carbons (Fsp3) is 0.0833. The second kappa shape index (κ2) is 10.3. The minimum atomic E-state index is -0.326. The van der Waals surface area contributed by atoms with Crippen molar-refractivity contribution in [3.63, 3.8) is 0 Å². The van der Waals surface area contributed by atoms with E-state index in [2.05, 4.69) is 47.6 Å². The maximum absolute atomic E-state index is 13.2. The minimum absolute atomic E-state index is 0.0852. The highest BCUT2D eigenvalue weighted by molar-refractivity contribution is 7.98. The lowest BCUT2D eigenvalue weighted by atomic mass is 10.2. The predicted molar refractivity (Wildman–Crippen MR) is 132 cm³/mol. The molecule has 0 fully saturated rings. The lowest BCUT2D eigenvalue weighted by Gasteiger charge is -2.11. The second-order valence-corrected chi connectivity index (χ2v) is 8.42. The van der Waals surface area contributed by atoms with Crippen LogP contribution in [0.2, 0.25) is 0 Å². The number of thioether (sulfide) groups is 1. The van der Waals surface area contributed by atoms with Gasteiger partial charge in [0.15, 0.2) is 11.0 Å². The molecule has 0 atom stereocenters. The zero-order valence-electron chi connectivity index (χ0n) is 18.4. The van der Waals surface area contributed by atoms with E-state index in [9.17, 15) is 4.39 Å². The standard InChI is InChI=1S/C24H20FN9S/c25-18-8-10-19(11-9-18)28-23-30-20(29-22(26)31-23)15-35-24-33-32-21(17-7-4-12-27-13-17)34(24)14-16-5-2-1-3-6-16/h1-13H,14-15H2,(H3,26,28,29,30,31). The van der Waals surface area contributed by atoms with Gasteiger partial charge in [-0.3, -0.25) is 9.55 Å². The predicted octanol–water partition coefficient (Wildman–Crippen LogP) is 4.33. The van der Waals surface area contributed by atoms with Gasteiger partial charge in [0.1, 0.15) is 11.6 Å². The highest BCUT2D eigenvalue weighted by Gasteiger charge is 2.16. The van der Waals surface area contributed by atoms with Crippen LogP contribution in [-0.2, 0) is 12.3 Å². The lowest BCUT2D eigenvalue weighted by molar-refractivity contribution is 0.628. The molecule has 174 valence electrons. The van der Waals surface area contributed by atoms with E-state index in [1.165, 1.54) is 23.9 Å². The Morgan fingerprint density at radius 3 is 2.51 bits per heavy atom. The van der Waals surface area contributed by atoms with Crippen molar-refractivity contribution in [1.29, 1.82) is 0 Å². The van der Waals surface area contributed by atoms with Crippen LogP contribution in [0.4, 0.5) is 22.0 Å². The van der Waals surface area contributed by atoms with Gasteiger partial charge in [-0.25, -0.2) is 4.39 Å². The quantitative estimate of drug-likeness (QED) is 0.309. The molecule has 0 unspecified atom stereocenters. The van der Waals surface area contributed by atoms with Gasteiger partial charge in [0.25, 0.3) is 0 Å². The summed E-state index contributed by atoms with van der Waals surface area (Å²) in [5.41, 5.74) is 8.54. The third kappa shape index (κ3) is 5.58. The number of hydrogen-bond acceptors (Lipinski definition) is 9. The normalized spacial score (nSPS) is 10.9. The number of nitrogens with zero attached hydrogens (tertiary/aromatic N) is 7. The fourth-order valence-electron chi connectivity index (χ4n) is 3.36. The number of benzene rings is 2. The Hall–Kier alpha value is -4.38. The van der Waals surface area contributed by atoms with Crippen LogP contribution in [0, 0.1) is 5.82 Å².